The minimum absolute atomic E-state index is 0. The van der Waals surface area contributed by atoms with Crippen LogP contribution in [0, 0.1) is 5.92 Å². The first kappa shape index (κ1) is 17.4. The summed E-state index contributed by atoms with van der Waals surface area (Å²) in [5, 5.41) is 6.74. The van der Waals surface area contributed by atoms with Crippen molar-refractivity contribution in [3.8, 4) is 11.4 Å². The van der Waals surface area contributed by atoms with Gasteiger partial charge in [-0.25, -0.2) is 0 Å². The Bertz CT molecular complexity index is 641. The largest absolute Gasteiger partial charge is 0.342 e. The number of nitrogens with one attached hydrogen (secondary N) is 1. The van der Waals surface area contributed by atoms with Crippen molar-refractivity contribution in [1.82, 2.24) is 10.1 Å². The van der Waals surface area contributed by atoms with Gasteiger partial charge in [-0.3, -0.25) is 4.79 Å². The maximum Gasteiger partial charge on any atom is 0.229 e. The molecule has 1 aromatic heterocycles. The number of amides is 1. The second-order valence-electron chi connectivity index (χ2n) is 6.13. The number of anilines is 1. The highest BCUT2D eigenvalue weighted by atomic mass is 35.5. The van der Waals surface area contributed by atoms with Gasteiger partial charge in [0.2, 0.25) is 18.1 Å². The Hall–Kier alpha value is -1.92. The van der Waals surface area contributed by atoms with Gasteiger partial charge >= 0.3 is 0 Å². The number of carbonyl (C=O) groups excluding carboxylic acids is 1. The molecular weight excluding hydrogens is 316 g/mol. The van der Waals surface area contributed by atoms with Crippen molar-refractivity contribution in [3.63, 3.8) is 0 Å². The molecule has 3 rings (SSSR count). The maximum atomic E-state index is 12.5. The van der Waals surface area contributed by atoms with Crippen LogP contribution < -0.4 is 11.1 Å². The molecule has 7 heteroatoms. The monoisotopic (exact) mass is 336 g/mol. The maximum absolute atomic E-state index is 12.5. The molecule has 3 N–H and O–H groups in total. The highest BCUT2D eigenvalue weighted by Crippen LogP contribution is 2.32. The molecule has 1 aliphatic rings. The predicted octanol–water partition coefficient (Wildman–Crippen LogP) is 3.00. The second kappa shape index (κ2) is 7.10. The first-order valence-electron chi connectivity index (χ1n) is 7.53. The van der Waals surface area contributed by atoms with Crippen LogP contribution in [-0.2, 0) is 4.79 Å². The molecule has 1 aromatic carbocycles. The normalized spacial score (nSPS) is 23.8. The zero-order valence-corrected chi connectivity index (χ0v) is 13.8. The summed E-state index contributed by atoms with van der Waals surface area (Å²) in [6, 6.07) is 7.37. The quantitative estimate of drug-likeness (QED) is 0.898. The summed E-state index contributed by atoms with van der Waals surface area (Å²) in [5.74, 6) is 0.384. The average molecular weight is 337 g/mol. The lowest BCUT2D eigenvalue weighted by molar-refractivity contribution is -0.122. The summed E-state index contributed by atoms with van der Waals surface area (Å²) in [6.07, 6.45) is 5.18. The Labute approximate surface area is 141 Å². The van der Waals surface area contributed by atoms with Crippen molar-refractivity contribution in [3.05, 3.63) is 30.7 Å². The number of nitrogens with two attached hydrogens (primary N) is 1. The van der Waals surface area contributed by atoms with Gasteiger partial charge in [0, 0.05) is 16.8 Å². The van der Waals surface area contributed by atoms with Gasteiger partial charge < -0.3 is 15.6 Å². The first-order chi connectivity index (χ1) is 10.6. The lowest BCUT2D eigenvalue weighted by Crippen LogP contribution is -2.51. The van der Waals surface area contributed by atoms with Crippen molar-refractivity contribution in [2.45, 2.75) is 38.1 Å². The highest BCUT2D eigenvalue weighted by Gasteiger charge is 2.37. The van der Waals surface area contributed by atoms with Crippen LogP contribution in [0.25, 0.3) is 11.4 Å². The molecule has 1 aliphatic carbocycles. The van der Waals surface area contributed by atoms with E-state index in [1.165, 1.54) is 6.39 Å². The number of aromatic nitrogens is 2. The van der Waals surface area contributed by atoms with Crippen LogP contribution in [0.15, 0.2) is 35.2 Å². The Morgan fingerprint density at radius 2 is 2.09 bits per heavy atom. The molecule has 1 fully saturated rings. The van der Waals surface area contributed by atoms with E-state index in [1.807, 2.05) is 31.2 Å². The molecule has 23 heavy (non-hydrogen) atoms. The Morgan fingerprint density at radius 3 is 2.70 bits per heavy atom. The molecule has 0 saturated heterocycles. The van der Waals surface area contributed by atoms with Crippen molar-refractivity contribution >= 4 is 24.0 Å². The SMILES string of the molecule is CC1(N)CCCCC1C(=O)Nc1ccc(-c2ncon2)cc1.Cl. The van der Waals surface area contributed by atoms with E-state index in [1.54, 1.807) is 0 Å². The third kappa shape index (κ3) is 3.89. The molecule has 2 atom stereocenters. The summed E-state index contributed by atoms with van der Waals surface area (Å²) in [5.41, 5.74) is 7.44. The van der Waals surface area contributed by atoms with Crippen LogP contribution in [0.4, 0.5) is 5.69 Å². The second-order valence-corrected chi connectivity index (χ2v) is 6.13. The van der Waals surface area contributed by atoms with Crippen LogP contribution in [0.3, 0.4) is 0 Å². The van der Waals surface area contributed by atoms with Gasteiger partial charge in [0.25, 0.3) is 0 Å². The van der Waals surface area contributed by atoms with E-state index in [0.29, 0.717) is 5.82 Å². The summed E-state index contributed by atoms with van der Waals surface area (Å²) >= 11 is 0. The number of halogens is 1. The third-order valence-corrected chi connectivity index (χ3v) is 4.34. The Balaban J connectivity index is 0.00000192. The molecule has 0 spiro atoms. The van der Waals surface area contributed by atoms with Crippen molar-refractivity contribution in [1.29, 1.82) is 0 Å². The van der Waals surface area contributed by atoms with Gasteiger partial charge in [-0.1, -0.05) is 18.0 Å². The van der Waals surface area contributed by atoms with Crippen molar-refractivity contribution in [2.75, 3.05) is 5.32 Å². The topological polar surface area (TPSA) is 94.0 Å². The van der Waals surface area contributed by atoms with Crippen molar-refractivity contribution < 1.29 is 9.32 Å². The average Bonchev–Trinajstić information content (AvgIpc) is 3.01. The smallest absolute Gasteiger partial charge is 0.229 e. The number of carbonyl (C=O) groups is 1. The minimum Gasteiger partial charge on any atom is -0.342 e. The van der Waals surface area contributed by atoms with Gasteiger partial charge in [0.1, 0.15) is 0 Å². The molecular formula is C16H21ClN4O2. The summed E-state index contributed by atoms with van der Waals surface area (Å²) in [6.45, 7) is 1.97. The number of benzene rings is 1. The van der Waals surface area contributed by atoms with Gasteiger partial charge in [-0.2, -0.15) is 4.98 Å². The zero-order valence-electron chi connectivity index (χ0n) is 13.0. The lowest BCUT2D eigenvalue weighted by atomic mass is 9.74. The Morgan fingerprint density at radius 1 is 1.35 bits per heavy atom. The van der Waals surface area contributed by atoms with Crippen LogP contribution in [0.1, 0.15) is 32.6 Å². The number of rotatable bonds is 3. The molecule has 1 amide bonds. The van der Waals surface area contributed by atoms with Gasteiger partial charge in [-0.15, -0.1) is 12.4 Å². The molecule has 0 bridgehead atoms. The third-order valence-electron chi connectivity index (χ3n) is 4.34. The number of hydrogen-bond donors (Lipinski definition) is 2. The summed E-state index contributed by atoms with van der Waals surface area (Å²) < 4.78 is 4.72. The Kier molecular flexibility index (Phi) is 5.38. The molecule has 0 radical (unpaired) electrons. The minimum atomic E-state index is -0.424. The fraction of sp³-hybridized carbons (Fsp3) is 0.438. The molecule has 1 heterocycles. The standard InChI is InChI=1S/C16H20N4O2.ClH/c1-16(17)9-3-2-4-13(16)15(21)19-12-7-5-11(6-8-12)14-18-10-22-20-14;/h5-8,10,13H,2-4,9,17H2,1H3,(H,19,21);1H. The predicted molar refractivity (Wildman–Crippen MR) is 90.2 cm³/mol. The van der Waals surface area contributed by atoms with E-state index in [2.05, 4.69) is 15.5 Å². The van der Waals surface area contributed by atoms with E-state index >= 15 is 0 Å². The fourth-order valence-electron chi connectivity index (χ4n) is 3.02. The van der Waals surface area contributed by atoms with Gasteiger partial charge in [0.05, 0.1) is 5.92 Å². The summed E-state index contributed by atoms with van der Waals surface area (Å²) in [4.78, 5) is 16.5. The van der Waals surface area contributed by atoms with Crippen LogP contribution in [0.5, 0.6) is 0 Å². The molecule has 2 aromatic rings. The van der Waals surface area contributed by atoms with Gasteiger partial charge in [0.15, 0.2) is 0 Å². The zero-order chi connectivity index (χ0) is 15.6. The van der Waals surface area contributed by atoms with Crippen LogP contribution in [0.2, 0.25) is 0 Å². The molecule has 1 saturated carbocycles. The molecule has 2 unspecified atom stereocenters. The molecule has 0 aliphatic heterocycles. The molecule has 124 valence electrons. The van der Waals surface area contributed by atoms with Crippen LogP contribution in [-0.4, -0.2) is 21.6 Å². The van der Waals surface area contributed by atoms with E-state index in [9.17, 15) is 4.79 Å². The lowest BCUT2D eigenvalue weighted by Gasteiger charge is -2.37. The number of hydrogen-bond acceptors (Lipinski definition) is 5. The fourth-order valence-corrected chi connectivity index (χ4v) is 3.02. The van der Waals surface area contributed by atoms with E-state index in [-0.39, 0.29) is 24.2 Å². The number of nitrogens with zero attached hydrogens (tertiary/aromatic N) is 2. The van der Waals surface area contributed by atoms with Crippen molar-refractivity contribution in [2.24, 2.45) is 11.7 Å². The van der Waals surface area contributed by atoms with E-state index in [0.717, 1.165) is 36.9 Å². The molecule has 6 nitrogen and oxygen atoms in total. The van der Waals surface area contributed by atoms with Crippen LogP contribution >= 0.6 is 12.4 Å². The van der Waals surface area contributed by atoms with Gasteiger partial charge in [-0.05, 0) is 44.0 Å². The van der Waals surface area contributed by atoms with E-state index in [4.69, 9.17) is 10.3 Å². The highest BCUT2D eigenvalue weighted by molar-refractivity contribution is 5.93. The van der Waals surface area contributed by atoms with E-state index < -0.39 is 5.54 Å². The first-order valence-corrected chi connectivity index (χ1v) is 7.53. The summed E-state index contributed by atoms with van der Waals surface area (Å²) in [7, 11) is 0.